The average Bonchev–Trinajstić information content (AvgIpc) is 2.26. The summed E-state index contributed by atoms with van der Waals surface area (Å²) in [6, 6.07) is 4.88. The first-order valence-corrected chi connectivity index (χ1v) is 4.89. The highest BCUT2D eigenvalue weighted by Gasteiger charge is 2.04. The molecule has 5 heteroatoms. The Labute approximate surface area is 92.8 Å². The lowest BCUT2D eigenvalue weighted by Crippen LogP contribution is -2.23. The predicted molar refractivity (Wildman–Crippen MR) is 57.2 cm³/mol. The summed E-state index contributed by atoms with van der Waals surface area (Å²) in [4.78, 5) is 10.9. The van der Waals surface area contributed by atoms with E-state index in [1.54, 1.807) is 12.1 Å². The van der Waals surface area contributed by atoms with Crippen LogP contribution in [0.25, 0.3) is 0 Å². The van der Waals surface area contributed by atoms with Crippen LogP contribution in [0.4, 0.5) is 0 Å². The predicted octanol–water partition coefficient (Wildman–Crippen LogP) is 1.26. The highest BCUT2D eigenvalue weighted by atomic mass is 35.5. The fraction of sp³-hybridized carbons (Fsp3) is 0.300. The number of phenols is 1. The van der Waals surface area contributed by atoms with Crippen LogP contribution in [0, 0.1) is 0 Å². The monoisotopic (exact) mass is 229 g/mol. The van der Waals surface area contributed by atoms with Crippen LogP contribution in [0.1, 0.15) is 5.56 Å². The lowest BCUT2D eigenvalue weighted by Gasteiger charge is -2.07. The van der Waals surface area contributed by atoms with Crippen molar-refractivity contribution in [3.63, 3.8) is 0 Å². The third kappa shape index (κ3) is 3.32. The van der Waals surface area contributed by atoms with Gasteiger partial charge in [0.25, 0.3) is 0 Å². The van der Waals surface area contributed by atoms with E-state index in [1.807, 2.05) is 0 Å². The van der Waals surface area contributed by atoms with Crippen molar-refractivity contribution in [1.29, 1.82) is 0 Å². The van der Waals surface area contributed by atoms with Gasteiger partial charge in [-0.3, -0.25) is 4.79 Å². The minimum absolute atomic E-state index is 0.0864. The first kappa shape index (κ1) is 11.7. The van der Waals surface area contributed by atoms with E-state index in [9.17, 15) is 9.90 Å². The summed E-state index contributed by atoms with van der Waals surface area (Å²) in [5, 5.41) is 12.1. The molecule has 1 amide bonds. The van der Waals surface area contributed by atoms with Crippen LogP contribution in [0.2, 0.25) is 0 Å². The molecule has 1 aromatic rings. The van der Waals surface area contributed by atoms with Crippen molar-refractivity contribution in [3.8, 4) is 11.5 Å². The van der Waals surface area contributed by atoms with Gasteiger partial charge in [0.1, 0.15) is 17.4 Å². The molecule has 0 fully saturated rings. The molecular weight excluding hydrogens is 218 g/mol. The summed E-state index contributed by atoms with van der Waals surface area (Å²) in [5.74, 6) is 0.299. The summed E-state index contributed by atoms with van der Waals surface area (Å²) in [7, 11) is 1.52. The molecule has 4 nitrogen and oxygen atoms in total. The molecule has 0 saturated carbocycles. The molecule has 0 spiro atoms. The lowest BCUT2D eigenvalue weighted by molar-refractivity contribution is -0.118. The van der Waals surface area contributed by atoms with Crippen molar-refractivity contribution in [2.24, 2.45) is 0 Å². The summed E-state index contributed by atoms with van der Waals surface area (Å²) >= 11 is 5.31. The maximum Gasteiger partial charge on any atom is 0.235 e. The second kappa shape index (κ2) is 5.46. The normalized spacial score (nSPS) is 9.73. The summed E-state index contributed by atoms with van der Waals surface area (Å²) in [6.07, 6.45) is 0. The number of methoxy groups -OCH3 is 1. The second-order valence-corrected chi connectivity index (χ2v) is 3.17. The second-order valence-electron chi connectivity index (χ2n) is 2.91. The van der Waals surface area contributed by atoms with Crippen LogP contribution in [-0.4, -0.2) is 24.0 Å². The van der Waals surface area contributed by atoms with E-state index < -0.39 is 0 Å². The summed E-state index contributed by atoms with van der Waals surface area (Å²) in [5.41, 5.74) is 0.620. The lowest BCUT2D eigenvalue weighted by atomic mass is 10.2. The van der Waals surface area contributed by atoms with Gasteiger partial charge in [0.05, 0.1) is 7.11 Å². The number of benzene rings is 1. The Morgan fingerprint density at radius 2 is 2.33 bits per heavy atom. The first-order valence-electron chi connectivity index (χ1n) is 4.36. The fourth-order valence-electron chi connectivity index (χ4n) is 1.06. The van der Waals surface area contributed by atoms with E-state index in [0.29, 0.717) is 11.3 Å². The SMILES string of the molecule is COc1ccc(CNC(=O)CCl)c(O)c1. The molecule has 1 rings (SSSR count). The Morgan fingerprint density at radius 3 is 2.87 bits per heavy atom. The smallest absolute Gasteiger partial charge is 0.235 e. The number of aromatic hydroxyl groups is 1. The number of alkyl halides is 1. The van der Waals surface area contributed by atoms with Crippen molar-refractivity contribution in [2.75, 3.05) is 13.0 Å². The van der Waals surface area contributed by atoms with Gasteiger partial charge in [-0.15, -0.1) is 11.6 Å². The van der Waals surface area contributed by atoms with Gasteiger partial charge in [-0.1, -0.05) is 0 Å². The average molecular weight is 230 g/mol. The molecule has 15 heavy (non-hydrogen) atoms. The number of amides is 1. The Kier molecular flexibility index (Phi) is 4.24. The van der Waals surface area contributed by atoms with Gasteiger partial charge in [-0.2, -0.15) is 0 Å². The molecule has 0 atom stereocenters. The molecule has 0 aromatic heterocycles. The Hall–Kier alpha value is -1.42. The van der Waals surface area contributed by atoms with E-state index in [1.165, 1.54) is 13.2 Å². The number of halogens is 1. The van der Waals surface area contributed by atoms with Gasteiger partial charge in [0.2, 0.25) is 5.91 Å². The molecule has 0 bridgehead atoms. The maximum atomic E-state index is 10.9. The minimum atomic E-state index is -0.271. The van der Waals surface area contributed by atoms with E-state index in [-0.39, 0.29) is 24.1 Å². The molecule has 82 valence electrons. The van der Waals surface area contributed by atoms with Crippen LogP contribution < -0.4 is 10.1 Å². The number of ether oxygens (including phenoxy) is 1. The van der Waals surface area contributed by atoms with Gasteiger partial charge in [-0.25, -0.2) is 0 Å². The molecule has 0 saturated heterocycles. The van der Waals surface area contributed by atoms with Gasteiger partial charge < -0.3 is 15.2 Å². The molecular formula is C10H12ClNO3. The molecule has 2 N–H and O–H groups in total. The number of hydrogen-bond donors (Lipinski definition) is 2. The Morgan fingerprint density at radius 1 is 1.60 bits per heavy atom. The van der Waals surface area contributed by atoms with Crippen molar-refractivity contribution < 1.29 is 14.6 Å². The molecule has 0 aliphatic heterocycles. The minimum Gasteiger partial charge on any atom is -0.507 e. The molecule has 0 aliphatic carbocycles. The fourth-order valence-corrected chi connectivity index (χ4v) is 1.16. The molecule has 0 radical (unpaired) electrons. The first-order chi connectivity index (χ1) is 7.17. The number of phenolic OH excluding ortho intramolecular Hbond substituents is 1. The topological polar surface area (TPSA) is 58.6 Å². The van der Waals surface area contributed by atoms with Crippen molar-refractivity contribution in [3.05, 3.63) is 23.8 Å². The quantitative estimate of drug-likeness (QED) is 0.765. The van der Waals surface area contributed by atoms with Crippen molar-refractivity contribution >= 4 is 17.5 Å². The van der Waals surface area contributed by atoms with Gasteiger partial charge in [0.15, 0.2) is 0 Å². The highest BCUT2D eigenvalue weighted by Crippen LogP contribution is 2.22. The van der Waals surface area contributed by atoms with E-state index in [0.717, 1.165) is 0 Å². The Balaban J connectivity index is 2.66. The number of carbonyl (C=O) groups excluding carboxylic acids is 1. The number of carbonyl (C=O) groups is 1. The molecule has 0 heterocycles. The van der Waals surface area contributed by atoms with E-state index in [2.05, 4.69) is 5.32 Å². The van der Waals surface area contributed by atoms with Crippen LogP contribution in [0.15, 0.2) is 18.2 Å². The largest absolute Gasteiger partial charge is 0.507 e. The van der Waals surface area contributed by atoms with Crippen molar-refractivity contribution in [1.82, 2.24) is 5.32 Å². The van der Waals surface area contributed by atoms with Crippen LogP contribution >= 0.6 is 11.6 Å². The number of rotatable bonds is 4. The maximum absolute atomic E-state index is 10.9. The third-order valence-electron chi connectivity index (χ3n) is 1.89. The van der Waals surface area contributed by atoms with Gasteiger partial charge >= 0.3 is 0 Å². The highest BCUT2D eigenvalue weighted by molar-refractivity contribution is 6.27. The number of nitrogens with one attached hydrogen (secondary N) is 1. The van der Waals surface area contributed by atoms with Crippen LogP contribution in [0.3, 0.4) is 0 Å². The van der Waals surface area contributed by atoms with Crippen LogP contribution in [0.5, 0.6) is 11.5 Å². The third-order valence-corrected chi connectivity index (χ3v) is 2.13. The zero-order chi connectivity index (χ0) is 11.3. The number of hydrogen-bond acceptors (Lipinski definition) is 3. The zero-order valence-electron chi connectivity index (χ0n) is 8.29. The van der Waals surface area contributed by atoms with Gasteiger partial charge in [0, 0.05) is 18.2 Å². The standard InChI is InChI=1S/C10H12ClNO3/c1-15-8-3-2-7(9(13)4-8)6-12-10(14)5-11/h2-4,13H,5-6H2,1H3,(H,12,14). The van der Waals surface area contributed by atoms with Crippen molar-refractivity contribution in [2.45, 2.75) is 6.54 Å². The molecule has 1 aromatic carbocycles. The van der Waals surface area contributed by atoms with Gasteiger partial charge in [-0.05, 0) is 12.1 Å². The Bertz CT molecular complexity index is 355. The van der Waals surface area contributed by atoms with E-state index in [4.69, 9.17) is 16.3 Å². The summed E-state index contributed by atoms with van der Waals surface area (Å²) in [6.45, 7) is 0.251. The van der Waals surface area contributed by atoms with Crippen LogP contribution in [-0.2, 0) is 11.3 Å². The summed E-state index contributed by atoms with van der Waals surface area (Å²) < 4.78 is 4.93. The van der Waals surface area contributed by atoms with E-state index >= 15 is 0 Å². The molecule has 0 unspecified atom stereocenters. The zero-order valence-corrected chi connectivity index (χ0v) is 9.04. The molecule has 0 aliphatic rings.